The largest absolute Gasteiger partial charge is 0.379 e. The zero-order valence-electron chi connectivity index (χ0n) is 22.8. The quantitative estimate of drug-likeness (QED) is 0.343. The summed E-state index contributed by atoms with van der Waals surface area (Å²) < 4.78 is 20.2. The Morgan fingerprint density at radius 2 is 1.90 bits per heavy atom. The summed E-state index contributed by atoms with van der Waals surface area (Å²) in [5.41, 5.74) is 2.56. The van der Waals surface area contributed by atoms with Crippen LogP contribution in [0.5, 0.6) is 0 Å². The van der Waals surface area contributed by atoms with Gasteiger partial charge in [-0.15, -0.1) is 0 Å². The van der Waals surface area contributed by atoms with E-state index in [4.69, 9.17) is 27.9 Å². The second-order valence-electron chi connectivity index (χ2n) is 10.6. The third-order valence-corrected chi connectivity index (χ3v) is 8.35. The van der Waals surface area contributed by atoms with E-state index in [-0.39, 0.29) is 18.2 Å². The van der Waals surface area contributed by atoms with Gasteiger partial charge in [0.2, 0.25) is 11.8 Å². The summed E-state index contributed by atoms with van der Waals surface area (Å²) in [6, 6.07) is 19.9. The Labute approximate surface area is 250 Å². The summed E-state index contributed by atoms with van der Waals surface area (Å²) in [5.74, 6) is -2.07. The molecular weight excluding hydrogens is 564 g/mol. The van der Waals surface area contributed by atoms with E-state index >= 15 is 0 Å². The number of amides is 2. The normalized spacial score (nSPS) is 21.4. The van der Waals surface area contributed by atoms with Crippen LogP contribution in [0.4, 0.5) is 10.1 Å². The highest BCUT2D eigenvalue weighted by atomic mass is 35.5. The smallest absolute Gasteiger partial charge is 0.231 e. The SMILES string of the molecule is Cc1ccc(F)cc1[C@@H]1C(C(=O)Nc2c#ccc(Cl)c2)[C@H](c2cccc(Cl)c2)CC(=O)N1CCCN1CCOCC1. The van der Waals surface area contributed by atoms with E-state index in [1.165, 1.54) is 12.1 Å². The lowest BCUT2D eigenvalue weighted by molar-refractivity contribution is -0.143. The van der Waals surface area contributed by atoms with Gasteiger partial charge in [-0.05, 0) is 66.4 Å². The maximum absolute atomic E-state index is 14.7. The van der Waals surface area contributed by atoms with Gasteiger partial charge in [0, 0.05) is 49.6 Å². The number of carbonyl (C=O) groups excluding carboxylic acids is 2. The van der Waals surface area contributed by atoms with Crippen molar-refractivity contribution in [2.75, 3.05) is 44.7 Å². The molecule has 2 saturated heterocycles. The first kappa shape index (κ1) is 29.3. The van der Waals surface area contributed by atoms with Crippen LogP contribution in [0.15, 0.2) is 54.6 Å². The van der Waals surface area contributed by atoms with Crippen molar-refractivity contribution in [2.45, 2.75) is 31.7 Å². The van der Waals surface area contributed by atoms with Gasteiger partial charge >= 0.3 is 0 Å². The van der Waals surface area contributed by atoms with Gasteiger partial charge in [0.05, 0.1) is 35.9 Å². The summed E-state index contributed by atoms with van der Waals surface area (Å²) >= 11 is 12.5. The molecule has 1 unspecified atom stereocenters. The van der Waals surface area contributed by atoms with E-state index in [1.807, 2.05) is 19.1 Å². The molecule has 0 saturated carbocycles. The Bertz CT molecular complexity index is 1400. The van der Waals surface area contributed by atoms with Crippen LogP contribution in [0.3, 0.4) is 0 Å². The maximum Gasteiger partial charge on any atom is 0.231 e. The average molecular weight is 597 g/mol. The summed E-state index contributed by atoms with van der Waals surface area (Å²) in [5, 5.41) is 3.87. The molecule has 2 aliphatic heterocycles. The van der Waals surface area contributed by atoms with Gasteiger partial charge in [-0.3, -0.25) is 14.5 Å². The number of halogens is 3. The third-order valence-electron chi connectivity index (χ3n) is 7.90. The van der Waals surface area contributed by atoms with Crippen LogP contribution in [0.1, 0.15) is 41.5 Å². The number of anilines is 1. The molecular formula is C32H32Cl2FN3O3. The van der Waals surface area contributed by atoms with E-state index < -0.39 is 23.7 Å². The lowest BCUT2D eigenvalue weighted by atomic mass is 9.72. The Hall–Kier alpha value is -3.15. The van der Waals surface area contributed by atoms with E-state index in [0.29, 0.717) is 47.5 Å². The van der Waals surface area contributed by atoms with Crippen molar-refractivity contribution in [3.05, 3.63) is 99.3 Å². The standard InChI is InChI=1S/C32H32Cl2FN3O3/c1-21-9-10-25(35)19-27(21)31-30(32(40)36-26-8-3-7-24(34)18-26)28(22-5-2-6-23(33)17-22)20-29(39)38(31)12-4-11-37-13-15-41-16-14-37/h2,5-7,9-10,17-19,28,30-31H,4,11-16,20H2,1H3,(H,36,40)/t28-,30?,31+/m0/s1. The summed E-state index contributed by atoms with van der Waals surface area (Å²) in [7, 11) is 0. The van der Waals surface area contributed by atoms with Crippen molar-refractivity contribution in [1.29, 1.82) is 0 Å². The molecule has 9 heteroatoms. The molecule has 2 aliphatic rings. The summed E-state index contributed by atoms with van der Waals surface area (Å²) in [6.07, 6.45) is 0.829. The molecule has 214 valence electrons. The monoisotopic (exact) mass is 595 g/mol. The van der Waals surface area contributed by atoms with Crippen molar-refractivity contribution >= 4 is 40.7 Å². The van der Waals surface area contributed by atoms with Gasteiger partial charge in [-0.2, -0.15) is 0 Å². The minimum Gasteiger partial charge on any atom is -0.379 e. The number of morpholine rings is 1. The molecule has 41 heavy (non-hydrogen) atoms. The molecule has 2 heterocycles. The van der Waals surface area contributed by atoms with Gasteiger partial charge in [-0.25, -0.2) is 4.39 Å². The molecule has 3 atom stereocenters. The first-order valence-corrected chi connectivity index (χ1v) is 14.6. The molecule has 5 rings (SSSR count). The van der Waals surface area contributed by atoms with Crippen molar-refractivity contribution in [3.63, 3.8) is 0 Å². The van der Waals surface area contributed by atoms with Gasteiger partial charge in [-0.1, -0.05) is 47.5 Å². The fourth-order valence-corrected chi connectivity index (χ4v) is 6.28. The van der Waals surface area contributed by atoms with Crippen LogP contribution in [0.2, 0.25) is 10.0 Å². The van der Waals surface area contributed by atoms with E-state index in [1.54, 1.807) is 35.2 Å². The second-order valence-corrected chi connectivity index (χ2v) is 11.5. The molecule has 2 fully saturated rings. The first-order valence-electron chi connectivity index (χ1n) is 13.8. The van der Waals surface area contributed by atoms with Crippen molar-refractivity contribution in [2.24, 2.45) is 5.92 Å². The van der Waals surface area contributed by atoms with Gasteiger partial charge in [0.25, 0.3) is 0 Å². The van der Waals surface area contributed by atoms with Gasteiger partial charge < -0.3 is 15.0 Å². The number of benzene rings is 2. The summed E-state index contributed by atoms with van der Waals surface area (Å²) in [6.45, 7) is 6.17. The van der Waals surface area contributed by atoms with E-state index in [2.05, 4.69) is 22.3 Å². The molecule has 0 aliphatic carbocycles. The zero-order chi connectivity index (χ0) is 28.9. The fraction of sp³-hybridized carbons (Fsp3) is 0.375. The minimum absolute atomic E-state index is 0.0858. The predicted octanol–water partition coefficient (Wildman–Crippen LogP) is 6.08. The highest BCUT2D eigenvalue weighted by molar-refractivity contribution is 6.31. The van der Waals surface area contributed by atoms with Crippen LogP contribution in [-0.2, 0) is 14.3 Å². The van der Waals surface area contributed by atoms with Crippen molar-refractivity contribution < 1.29 is 18.7 Å². The summed E-state index contributed by atoms with van der Waals surface area (Å²) in [4.78, 5) is 32.2. The third kappa shape index (κ3) is 7.02. The van der Waals surface area contributed by atoms with E-state index in [9.17, 15) is 14.0 Å². The Morgan fingerprint density at radius 3 is 2.66 bits per heavy atom. The second kappa shape index (κ2) is 13.2. The number of likely N-dealkylation sites (tertiary alicyclic amines) is 1. The lowest BCUT2D eigenvalue weighted by Gasteiger charge is -2.45. The number of hydrogen-bond acceptors (Lipinski definition) is 4. The molecule has 2 amide bonds. The molecule has 3 aromatic carbocycles. The van der Waals surface area contributed by atoms with Crippen LogP contribution in [0, 0.1) is 30.8 Å². The van der Waals surface area contributed by atoms with Crippen LogP contribution in [0.25, 0.3) is 0 Å². The number of ether oxygens (including phenoxy) is 1. The van der Waals surface area contributed by atoms with Gasteiger partial charge in [0.1, 0.15) is 5.82 Å². The van der Waals surface area contributed by atoms with E-state index in [0.717, 1.165) is 30.8 Å². The molecule has 0 radical (unpaired) electrons. The topological polar surface area (TPSA) is 61.9 Å². The van der Waals surface area contributed by atoms with Gasteiger partial charge in [0.15, 0.2) is 0 Å². The van der Waals surface area contributed by atoms with Crippen LogP contribution >= 0.6 is 23.2 Å². The maximum atomic E-state index is 14.7. The van der Waals surface area contributed by atoms with Crippen LogP contribution in [-0.4, -0.2) is 61.0 Å². The molecule has 0 spiro atoms. The molecule has 0 bridgehead atoms. The number of nitrogens with one attached hydrogen (secondary N) is 1. The predicted molar refractivity (Wildman–Crippen MR) is 158 cm³/mol. The zero-order valence-corrected chi connectivity index (χ0v) is 24.3. The number of carbonyl (C=O) groups is 2. The van der Waals surface area contributed by atoms with Crippen LogP contribution < -0.4 is 5.32 Å². The highest BCUT2D eigenvalue weighted by Gasteiger charge is 2.47. The number of hydrogen-bond donors (Lipinski definition) is 1. The molecule has 1 N–H and O–H groups in total. The Kier molecular flexibility index (Phi) is 9.46. The van der Waals surface area contributed by atoms with Crippen molar-refractivity contribution in [3.8, 4) is 0 Å². The Balaban J connectivity index is 1.55. The first-order chi connectivity index (χ1) is 19.8. The average Bonchev–Trinajstić information content (AvgIpc) is 2.95. The minimum atomic E-state index is -0.748. The fourth-order valence-electron chi connectivity index (χ4n) is 5.92. The molecule has 3 aromatic rings. The number of piperidine rings is 1. The number of rotatable bonds is 8. The highest BCUT2D eigenvalue weighted by Crippen LogP contribution is 2.47. The lowest BCUT2D eigenvalue weighted by Crippen LogP contribution is -2.51. The van der Waals surface area contributed by atoms with Crippen molar-refractivity contribution in [1.82, 2.24) is 9.80 Å². The number of nitrogens with zero attached hydrogens (tertiary/aromatic N) is 2. The molecule has 0 aromatic heterocycles. The molecule has 6 nitrogen and oxygen atoms in total. The number of aryl methyl sites for hydroxylation is 1. The Morgan fingerprint density at radius 1 is 1.10 bits per heavy atom.